The number of hydrogen-bond acceptors (Lipinski definition) is 3. The number of hydrogen-bond donors (Lipinski definition) is 1. The SMILES string of the molecule is Cc1cc(C)c2[nH]c(=O)c(CN3CCC[C@H](N(C)C)CC3)cc2c1. The van der Waals surface area contributed by atoms with Gasteiger partial charge in [0.25, 0.3) is 5.56 Å². The van der Waals surface area contributed by atoms with Gasteiger partial charge in [-0.25, -0.2) is 0 Å². The van der Waals surface area contributed by atoms with Crippen molar-refractivity contribution in [3.8, 4) is 0 Å². The molecule has 0 saturated carbocycles. The molecule has 1 aromatic carbocycles. The van der Waals surface area contributed by atoms with Gasteiger partial charge >= 0.3 is 0 Å². The zero-order chi connectivity index (χ0) is 17.3. The van der Waals surface area contributed by atoms with Crippen molar-refractivity contribution in [2.75, 3.05) is 27.2 Å². The molecule has 4 nitrogen and oxygen atoms in total. The normalized spacial score (nSPS) is 19.8. The van der Waals surface area contributed by atoms with E-state index < -0.39 is 0 Å². The van der Waals surface area contributed by atoms with Crippen LogP contribution >= 0.6 is 0 Å². The number of pyridine rings is 1. The van der Waals surface area contributed by atoms with E-state index in [-0.39, 0.29) is 5.56 Å². The molecule has 1 aromatic heterocycles. The highest BCUT2D eigenvalue weighted by atomic mass is 16.1. The largest absolute Gasteiger partial charge is 0.321 e. The second kappa shape index (κ2) is 7.08. The average Bonchev–Trinajstić information content (AvgIpc) is 2.74. The number of nitrogens with one attached hydrogen (secondary N) is 1. The molecular weight excluding hydrogens is 298 g/mol. The number of aromatic amines is 1. The van der Waals surface area contributed by atoms with Crippen LogP contribution in [0.15, 0.2) is 23.0 Å². The van der Waals surface area contributed by atoms with Crippen LogP contribution in [0.4, 0.5) is 0 Å². The molecule has 0 radical (unpaired) electrons. The van der Waals surface area contributed by atoms with Gasteiger partial charge in [0.2, 0.25) is 0 Å². The van der Waals surface area contributed by atoms with Crippen molar-refractivity contribution in [2.24, 2.45) is 0 Å². The summed E-state index contributed by atoms with van der Waals surface area (Å²) in [5, 5.41) is 1.14. The molecule has 0 aliphatic carbocycles. The predicted molar refractivity (Wildman–Crippen MR) is 101 cm³/mol. The number of likely N-dealkylation sites (tertiary alicyclic amines) is 1. The summed E-state index contributed by atoms with van der Waals surface area (Å²) in [6.07, 6.45) is 3.62. The topological polar surface area (TPSA) is 39.3 Å². The van der Waals surface area contributed by atoms with Gasteiger partial charge in [0.15, 0.2) is 0 Å². The van der Waals surface area contributed by atoms with E-state index in [9.17, 15) is 4.79 Å². The van der Waals surface area contributed by atoms with Crippen LogP contribution in [0.3, 0.4) is 0 Å². The average molecular weight is 327 g/mol. The van der Waals surface area contributed by atoms with Gasteiger partial charge in [-0.05, 0) is 83.4 Å². The van der Waals surface area contributed by atoms with Crippen molar-refractivity contribution in [1.82, 2.24) is 14.8 Å². The molecule has 0 spiro atoms. The Hall–Kier alpha value is -1.65. The quantitative estimate of drug-likeness (QED) is 0.942. The fourth-order valence-electron chi connectivity index (χ4n) is 3.90. The molecule has 2 aromatic rings. The number of rotatable bonds is 3. The predicted octanol–water partition coefficient (Wildman–Crippen LogP) is 3.06. The first-order valence-electron chi connectivity index (χ1n) is 8.96. The number of aryl methyl sites for hydroxylation is 2. The van der Waals surface area contributed by atoms with Gasteiger partial charge in [-0.2, -0.15) is 0 Å². The lowest BCUT2D eigenvalue weighted by Crippen LogP contribution is -2.31. The molecule has 3 rings (SSSR count). The van der Waals surface area contributed by atoms with Crippen LogP contribution in [-0.4, -0.2) is 48.0 Å². The van der Waals surface area contributed by atoms with E-state index in [1.807, 2.05) is 0 Å². The zero-order valence-electron chi connectivity index (χ0n) is 15.4. The van der Waals surface area contributed by atoms with Crippen molar-refractivity contribution in [3.05, 3.63) is 45.2 Å². The van der Waals surface area contributed by atoms with E-state index in [0.717, 1.165) is 41.7 Å². The standard InChI is InChI=1S/C20H29N3O/c1-14-10-15(2)19-16(11-14)12-17(20(24)21-19)13-23-8-5-6-18(7-9-23)22(3)4/h10-12,18H,5-9,13H2,1-4H3,(H,21,24)/t18-/m0/s1. The van der Waals surface area contributed by atoms with Crippen molar-refractivity contribution in [1.29, 1.82) is 0 Å². The summed E-state index contributed by atoms with van der Waals surface area (Å²) in [6.45, 7) is 7.05. The summed E-state index contributed by atoms with van der Waals surface area (Å²) < 4.78 is 0. The van der Waals surface area contributed by atoms with Crippen LogP contribution in [0.25, 0.3) is 10.9 Å². The molecule has 24 heavy (non-hydrogen) atoms. The van der Waals surface area contributed by atoms with Crippen LogP contribution in [-0.2, 0) is 6.54 Å². The summed E-state index contributed by atoms with van der Waals surface area (Å²) in [6, 6.07) is 7.03. The Morgan fingerprint density at radius 3 is 2.71 bits per heavy atom. The Morgan fingerprint density at radius 2 is 1.96 bits per heavy atom. The summed E-state index contributed by atoms with van der Waals surface area (Å²) in [4.78, 5) is 20.4. The molecular formula is C20H29N3O. The minimum atomic E-state index is 0.0582. The fourth-order valence-corrected chi connectivity index (χ4v) is 3.90. The van der Waals surface area contributed by atoms with Crippen LogP contribution in [0.2, 0.25) is 0 Å². The van der Waals surface area contributed by atoms with Gasteiger partial charge in [-0.3, -0.25) is 9.69 Å². The van der Waals surface area contributed by atoms with Gasteiger partial charge in [-0.1, -0.05) is 11.6 Å². The van der Waals surface area contributed by atoms with Crippen LogP contribution in [0, 0.1) is 13.8 Å². The maximum Gasteiger partial charge on any atom is 0.252 e. The number of nitrogens with zero attached hydrogens (tertiary/aromatic N) is 2. The van der Waals surface area contributed by atoms with Gasteiger partial charge < -0.3 is 9.88 Å². The highest BCUT2D eigenvalue weighted by Gasteiger charge is 2.19. The van der Waals surface area contributed by atoms with Crippen LogP contribution < -0.4 is 5.56 Å². The van der Waals surface area contributed by atoms with E-state index in [0.29, 0.717) is 6.04 Å². The molecule has 1 fully saturated rings. The summed E-state index contributed by atoms with van der Waals surface area (Å²) >= 11 is 0. The third kappa shape index (κ3) is 3.70. The van der Waals surface area contributed by atoms with E-state index in [1.54, 1.807) is 0 Å². The molecule has 1 aliphatic heterocycles. The lowest BCUT2D eigenvalue weighted by atomic mass is 10.1. The smallest absolute Gasteiger partial charge is 0.252 e. The summed E-state index contributed by atoms with van der Waals surface area (Å²) in [5.41, 5.74) is 4.29. The number of H-pyrrole nitrogens is 1. The number of benzene rings is 1. The molecule has 1 aliphatic rings. The van der Waals surface area contributed by atoms with Crippen molar-refractivity contribution in [3.63, 3.8) is 0 Å². The minimum absolute atomic E-state index is 0.0582. The molecule has 1 N–H and O–H groups in total. The lowest BCUT2D eigenvalue weighted by molar-refractivity contribution is 0.245. The maximum atomic E-state index is 12.5. The summed E-state index contributed by atoms with van der Waals surface area (Å²) in [7, 11) is 4.33. The maximum absolute atomic E-state index is 12.5. The Morgan fingerprint density at radius 1 is 1.17 bits per heavy atom. The Kier molecular flexibility index (Phi) is 5.07. The first-order chi connectivity index (χ1) is 11.4. The molecule has 0 unspecified atom stereocenters. The molecule has 1 atom stereocenters. The molecule has 130 valence electrons. The zero-order valence-corrected chi connectivity index (χ0v) is 15.4. The van der Waals surface area contributed by atoms with Crippen molar-refractivity contribution >= 4 is 10.9 Å². The molecule has 0 amide bonds. The first-order valence-corrected chi connectivity index (χ1v) is 8.96. The van der Waals surface area contributed by atoms with E-state index in [4.69, 9.17) is 0 Å². The third-order valence-electron chi connectivity index (χ3n) is 5.28. The Bertz CT molecular complexity index is 778. The molecule has 1 saturated heterocycles. The van der Waals surface area contributed by atoms with Crippen LogP contribution in [0.5, 0.6) is 0 Å². The molecule has 0 bridgehead atoms. The van der Waals surface area contributed by atoms with Crippen molar-refractivity contribution < 1.29 is 0 Å². The third-order valence-corrected chi connectivity index (χ3v) is 5.28. The Labute approximate surface area is 144 Å². The molecule has 2 heterocycles. The van der Waals surface area contributed by atoms with E-state index in [2.05, 4.69) is 60.9 Å². The van der Waals surface area contributed by atoms with Crippen LogP contribution in [0.1, 0.15) is 36.0 Å². The second-order valence-corrected chi connectivity index (χ2v) is 7.49. The lowest BCUT2D eigenvalue weighted by Gasteiger charge is -2.23. The molecule has 4 heteroatoms. The van der Waals surface area contributed by atoms with E-state index >= 15 is 0 Å². The van der Waals surface area contributed by atoms with Gasteiger partial charge in [0.05, 0.1) is 5.52 Å². The Balaban J connectivity index is 1.82. The van der Waals surface area contributed by atoms with Crippen molar-refractivity contribution in [2.45, 2.75) is 45.7 Å². The summed E-state index contributed by atoms with van der Waals surface area (Å²) in [5.74, 6) is 0. The second-order valence-electron chi connectivity index (χ2n) is 7.49. The van der Waals surface area contributed by atoms with Gasteiger partial charge in [0.1, 0.15) is 0 Å². The highest BCUT2D eigenvalue weighted by Crippen LogP contribution is 2.20. The van der Waals surface area contributed by atoms with Gasteiger partial charge in [0, 0.05) is 18.2 Å². The van der Waals surface area contributed by atoms with Gasteiger partial charge in [-0.15, -0.1) is 0 Å². The highest BCUT2D eigenvalue weighted by molar-refractivity contribution is 5.82. The monoisotopic (exact) mass is 327 g/mol. The van der Waals surface area contributed by atoms with E-state index in [1.165, 1.54) is 24.8 Å². The number of aromatic nitrogens is 1. The number of fused-ring (bicyclic) bond motifs is 1. The first kappa shape index (κ1) is 17.2. The minimum Gasteiger partial charge on any atom is -0.321 e. The fraction of sp³-hybridized carbons (Fsp3) is 0.550.